The van der Waals surface area contributed by atoms with Gasteiger partial charge in [0.1, 0.15) is 17.5 Å². The molecule has 0 atom stereocenters. The third kappa shape index (κ3) is 2.99. The van der Waals surface area contributed by atoms with Crippen molar-refractivity contribution < 1.29 is 13.2 Å². The zero-order chi connectivity index (χ0) is 14.7. The van der Waals surface area contributed by atoms with Crippen molar-refractivity contribution in [3.8, 4) is 0 Å². The van der Waals surface area contributed by atoms with Crippen molar-refractivity contribution in [2.45, 2.75) is 13.3 Å². The van der Waals surface area contributed by atoms with Gasteiger partial charge in [-0.15, -0.1) is 0 Å². The van der Waals surface area contributed by atoms with Gasteiger partial charge in [0.2, 0.25) is 0 Å². The molecule has 2 nitrogen and oxygen atoms in total. The summed E-state index contributed by atoms with van der Waals surface area (Å²) in [6, 6.07) is 7.80. The van der Waals surface area contributed by atoms with Crippen LogP contribution in [0.15, 0.2) is 41.5 Å². The molecule has 0 radical (unpaired) electrons. The number of halogens is 3. The minimum Gasteiger partial charge on any atom is -0.323 e. The number of hydrogen-bond donors (Lipinski definition) is 1. The first kappa shape index (κ1) is 14.1. The summed E-state index contributed by atoms with van der Waals surface area (Å²) in [7, 11) is 0. The van der Waals surface area contributed by atoms with Crippen molar-refractivity contribution in [1.29, 1.82) is 0 Å². The number of rotatable bonds is 3. The number of nitrogens with two attached hydrogens (primary N) is 1. The van der Waals surface area contributed by atoms with E-state index in [4.69, 9.17) is 5.84 Å². The second-order valence-corrected chi connectivity index (χ2v) is 4.47. The van der Waals surface area contributed by atoms with Crippen LogP contribution in [-0.4, -0.2) is 5.71 Å². The standard InChI is InChI=1S/C15H13F3N2/c1-9-2-5-12(14(18)6-9)15(20-19)7-10-3-4-11(16)8-13(10)17/h2-6,8H,7,19H2,1H3. The molecule has 2 N–H and O–H groups in total. The molecule has 5 heteroatoms. The Morgan fingerprint density at radius 2 is 1.80 bits per heavy atom. The molecule has 0 fully saturated rings. The van der Waals surface area contributed by atoms with E-state index < -0.39 is 17.5 Å². The number of benzene rings is 2. The molecular formula is C15H13F3N2. The predicted octanol–water partition coefficient (Wildman–Crippen LogP) is 3.32. The maximum Gasteiger partial charge on any atom is 0.132 e. The molecule has 0 spiro atoms. The highest BCUT2D eigenvalue weighted by Gasteiger charge is 2.13. The van der Waals surface area contributed by atoms with E-state index in [0.717, 1.165) is 17.7 Å². The smallest absolute Gasteiger partial charge is 0.132 e. The molecule has 0 unspecified atom stereocenters. The SMILES string of the molecule is Cc1ccc(C(Cc2ccc(F)cc2F)=NN)c(F)c1. The summed E-state index contributed by atoms with van der Waals surface area (Å²) in [6.45, 7) is 1.76. The second kappa shape index (κ2) is 5.77. The molecule has 2 rings (SSSR count). The zero-order valence-electron chi connectivity index (χ0n) is 10.8. The molecule has 0 aliphatic heterocycles. The van der Waals surface area contributed by atoms with Gasteiger partial charge >= 0.3 is 0 Å². The predicted molar refractivity (Wildman–Crippen MR) is 71.9 cm³/mol. The van der Waals surface area contributed by atoms with Gasteiger partial charge in [-0.1, -0.05) is 12.1 Å². The third-order valence-electron chi connectivity index (χ3n) is 2.96. The Balaban J connectivity index is 2.34. The highest BCUT2D eigenvalue weighted by atomic mass is 19.1. The van der Waals surface area contributed by atoms with Gasteiger partial charge in [-0.3, -0.25) is 0 Å². The normalized spacial score (nSPS) is 11.7. The van der Waals surface area contributed by atoms with Gasteiger partial charge in [0, 0.05) is 18.1 Å². The number of hydrogen-bond acceptors (Lipinski definition) is 2. The Hall–Kier alpha value is -2.30. The van der Waals surface area contributed by atoms with Crippen LogP contribution in [-0.2, 0) is 6.42 Å². The van der Waals surface area contributed by atoms with Crippen LogP contribution >= 0.6 is 0 Å². The summed E-state index contributed by atoms with van der Waals surface area (Å²) in [4.78, 5) is 0. The molecule has 0 saturated heterocycles. The summed E-state index contributed by atoms with van der Waals surface area (Å²) in [6.07, 6.45) is -0.0113. The monoisotopic (exact) mass is 278 g/mol. The molecule has 0 heterocycles. The van der Waals surface area contributed by atoms with Gasteiger partial charge in [-0.2, -0.15) is 5.10 Å². The first-order valence-corrected chi connectivity index (χ1v) is 5.98. The van der Waals surface area contributed by atoms with Crippen LogP contribution in [0.1, 0.15) is 16.7 Å². The van der Waals surface area contributed by atoms with Crippen LogP contribution in [0, 0.1) is 24.4 Å². The topological polar surface area (TPSA) is 38.4 Å². The van der Waals surface area contributed by atoms with E-state index >= 15 is 0 Å². The highest BCUT2D eigenvalue weighted by molar-refractivity contribution is 6.02. The molecule has 0 saturated carbocycles. The summed E-state index contributed by atoms with van der Waals surface area (Å²) in [5.74, 6) is 3.41. The van der Waals surface area contributed by atoms with Crippen LogP contribution in [0.4, 0.5) is 13.2 Å². The molecular weight excluding hydrogens is 265 g/mol. The minimum absolute atomic E-state index is 0.0113. The molecule has 2 aromatic carbocycles. The van der Waals surface area contributed by atoms with Gasteiger partial charge in [-0.25, -0.2) is 13.2 Å². The van der Waals surface area contributed by atoms with Crippen molar-refractivity contribution in [2.24, 2.45) is 10.9 Å². The van der Waals surface area contributed by atoms with Crippen LogP contribution in [0.5, 0.6) is 0 Å². The van der Waals surface area contributed by atoms with Crippen LogP contribution in [0.2, 0.25) is 0 Å². The fourth-order valence-corrected chi connectivity index (χ4v) is 1.91. The van der Waals surface area contributed by atoms with E-state index in [1.165, 1.54) is 18.2 Å². The summed E-state index contributed by atoms with van der Waals surface area (Å²) in [5, 5.41) is 3.52. The zero-order valence-corrected chi connectivity index (χ0v) is 10.8. The maximum atomic E-state index is 13.9. The third-order valence-corrected chi connectivity index (χ3v) is 2.96. The molecule has 0 bridgehead atoms. The molecule has 104 valence electrons. The molecule has 0 aromatic heterocycles. The van der Waals surface area contributed by atoms with E-state index in [1.807, 2.05) is 0 Å². The van der Waals surface area contributed by atoms with Crippen LogP contribution in [0.3, 0.4) is 0 Å². The van der Waals surface area contributed by atoms with Gasteiger partial charge in [0.25, 0.3) is 0 Å². The maximum absolute atomic E-state index is 13.9. The number of nitrogens with zero attached hydrogens (tertiary/aromatic N) is 1. The Kier molecular flexibility index (Phi) is 4.08. The van der Waals surface area contributed by atoms with Gasteiger partial charge < -0.3 is 5.84 Å². The molecule has 2 aromatic rings. The van der Waals surface area contributed by atoms with E-state index in [2.05, 4.69) is 5.10 Å². The van der Waals surface area contributed by atoms with Crippen molar-refractivity contribution in [2.75, 3.05) is 0 Å². The first-order valence-electron chi connectivity index (χ1n) is 5.98. The van der Waals surface area contributed by atoms with Crippen molar-refractivity contribution in [3.05, 3.63) is 70.5 Å². The molecule has 0 aliphatic rings. The van der Waals surface area contributed by atoms with Crippen molar-refractivity contribution >= 4 is 5.71 Å². The van der Waals surface area contributed by atoms with E-state index in [9.17, 15) is 13.2 Å². The Morgan fingerprint density at radius 1 is 1.05 bits per heavy atom. The summed E-state index contributed by atoms with van der Waals surface area (Å²) in [5.41, 5.74) is 1.38. The summed E-state index contributed by atoms with van der Waals surface area (Å²) < 4.78 is 40.3. The van der Waals surface area contributed by atoms with Gasteiger partial charge in [0.05, 0.1) is 5.71 Å². The molecule has 20 heavy (non-hydrogen) atoms. The first-order chi connectivity index (χ1) is 9.51. The van der Waals surface area contributed by atoms with E-state index in [-0.39, 0.29) is 23.3 Å². The summed E-state index contributed by atoms with van der Waals surface area (Å²) >= 11 is 0. The van der Waals surface area contributed by atoms with E-state index in [0.29, 0.717) is 0 Å². The van der Waals surface area contributed by atoms with Gasteiger partial charge in [0.15, 0.2) is 0 Å². The fourth-order valence-electron chi connectivity index (χ4n) is 1.91. The Morgan fingerprint density at radius 3 is 2.40 bits per heavy atom. The second-order valence-electron chi connectivity index (χ2n) is 4.47. The van der Waals surface area contributed by atoms with Crippen LogP contribution < -0.4 is 5.84 Å². The van der Waals surface area contributed by atoms with Gasteiger partial charge in [-0.05, 0) is 36.2 Å². The lowest BCUT2D eigenvalue weighted by molar-refractivity contribution is 0.575. The lowest BCUT2D eigenvalue weighted by Crippen LogP contribution is -2.11. The lowest BCUT2D eigenvalue weighted by Gasteiger charge is -2.08. The number of hydrazone groups is 1. The lowest BCUT2D eigenvalue weighted by atomic mass is 10.0. The Bertz CT molecular complexity index is 666. The molecule has 0 amide bonds. The molecule has 0 aliphatic carbocycles. The van der Waals surface area contributed by atoms with Crippen molar-refractivity contribution in [3.63, 3.8) is 0 Å². The average molecular weight is 278 g/mol. The van der Waals surface area contributed by atoms with Crippen molar-refractivity contribution in [1.82, 2.24) is 0 Å². The van der Waals surface area contributed by atoms with Crippen LogP contribution in [0.25, 0.3) is 0 Å². The quantitative estimate of drug-likeness (QED) is 0.522. The average Bonchev–Trinajstić information content (AvgIpc) is 2.39. The van der Waals surface area contributed by atoms with E-state index in [1.54, 1.807) is 13.0 Å². The highest BCUT2D eigenvalue weighted by Crippen LogP contribution is 2.16. The number of aryl methyl sites for hydroxylation is 1. The minimum atomic E-state index is -0.710. The Labute approximate surface area is 114 Å². The fraction of sp³-hybridized carbons (Fsp3) is 0.133. The largest absolute Gasteiger partial charge is 0.323 e.